The molecule has 0 aliphatic carbocycles. The molecule has 1 aliphatic heterocycles. The van der Waals surface area contributed by atoms with Gasteiger partial charge in [-0.05, 0) is 31.5 Å². The number of carbonyl (C=O) groups is 1. The summed E-state index contributed by atoms with van der Waals surface area (Å²) in [5.74, 6) is -1.01. The summed E-state index contributed by atoms with van der Waals surface area (Å²) >= 11 is 0. The van der Waals surface area contributed by atoms with Crippen molar-refractivity contribution in [2.24, 2.45) is 5.73 Å². The number of halogens is 2. The third-order valence-electron chi connectivity index (χ3n) is 3.69. The number of carbonyl (C=O) groups excluding carboxylic acids is 1. The molecule has 0 saturated carbocycles. The molecule has 0 amide bonds. The third kappa shape index (κ3) is 4.11. The summed E-state index contributed by atoms with van der Waals surface area (Å²) in [7, 11) is 0. The quantitative estimate of drug-likeness (QED) is 0.780. The molecule has 0 aromatic heterocycles. The van der Waals surface area contributed by atoms with Crippen molar-refractivity contribution in [3.8, 4) is 11.8 Å². The van der Waals surface area contributed by atoms with Crippen LogP contribution in [0.25, 0.3) is 0 Å². The highest BCUT2D eigenvalue weighted by molar-refractivity contribution is 5.92. The Balaban J connectivity index is 2.41. The molecule has 1 unspecified atom stereocenters. The van der Waals surface area contributed by atoms with Gasteiger partial charge in [-0.3, -0.25) is 0 Å². The molecule has 0 bridgehead atoms. The Morgan fingerprint density at radius 3 is 2.58 bits per heavy atom. The first kappa shape index (κ1) is 19.2. The topological polar surface area (TPSA) is 94.6 Å². The van der Waals surface area contributed by atoms with E-state index in [0.717, 1.165) is 0 Å². The lowest BCUT2D eigenvalue weighted by molar-refractivity contribution is -0.139. The molecule has 26 heavy (non-hydrogen) atoms. The number of nitrogens with zero attached hydrogens (tertiary/aromatic N) is 1. The molecule has 0 radical (unpaired) electrons. The van der Waals surface area contributed by atoms with E-state index in [1.807, 2.05) is 6.07 Å². The Labute approximate surface area is 149 Å². The van der Waals surface area contributed by atoms with Crippen molar-refractivity contribution in [2.45, 2.75) is 26.2 Å². The van der Waals surface area contributed by atoms with Gasteiger partial charge in [0, 0.05) is 0 Å². The molecular weight excluding hydrogens is 346 g/mol. The van der Waals surface area contributed by atoms with Crippen molar-refractivity contribution in [3.63, 3.8) is 0 Å². The van der Waals surface area contributed by atoms with Crippen LogP contribution in [0.5, 0.6) is 5.75 Å². The standard InChI is InChI=1S/C18H18F2N2O4/c1-3-24-18(23)15-10(2)26-17(22)13(8-21)16(15)11-4-6-12(7-5-11)25-9-14(19)20/h4-7,14,16H,3,9,22H2,1-2H3. The summed E-state index contributed by atoms with van der Waals surface area (Å²) in [4.78, 5) is 12.4. The molecule has 1 atom stereocenters. The van der Waals surface area contributed by atoms with Crippen molar-refractivity contribution in [3.05, 3.63) is 52.6 Å². The second-order valence-electron chi connectivity index (χ2n) is 5.39. The van der Waals surface area contributed by atoms with Crippen molar-refractivity contribution < 1.29 is 27.8 Å². The Bertz CT molecular complexity index is 779. The van der Waals surface area contributed by atoms with Gasteiger partial charge in [0.1, 0.15) is 29.8 Å². The highest BCUT2D eigenvalue weighted by atomic mass is 19.3. The third-order valence-corrected chi connectivity index (χ3v) is 3.69. The number of hydrogen-bond acceptors (Lipinski definition) is 6. The lowest BCUT2D eigenvalue weighted by Crippen LogP contribution is -2.25. The zero-order valence-corrected chi connectivity index (χ0v) is 14.3. The first-order valence-electron chi connectivity index (χ1n) is 7.85. The van der Waals surface area contributed by atoms with Gasteiger partial charge in [-0.1, -0.05) is 12.1 Å². The summed E-state index contributed by atoms with van der Waals surface area (Å²) < 4.78 is 39.8. The predicted octanol–water partition coefficient (Wildman–Crippen LogP) is 2.98. The van der Waals surface area contributed by atoms with E-state index in [1.165, 1.54) is 12.1 Å². The SMILES string of the molecule is CCOC(=O)C1=C(C)OC(N)=C(C#N)C1c1ccc(OCC(F)F)cc1. The fraction of sp³-hybridized carbons (Fsp3) is 0.333. The van der Waals surface area contributed by atoms with Crippen molar-refractivity contribution >= 4 is 5.97 Å². The summed E-state index contributed by atoms with van der Waals surface area (Å²) in [5, 5.41) is 9.46. The Hall–Kier alpha value is -3.08. The number of esters is 1. The molecule has 0 fully saturated rings. The molecule has 1 aliphatic rings. The minimum absolute atomic E-state index is 0.0694. The summed E-state index contributed by atoms with van der Waals surface area (Å²) in [6, 6.07) is 8.08. The van der Waals surface area contributed by atoms with Gasteiger partial charge >= 0.3 is 5.97 Å². The molecule has 8 heteroatoms. The van der Waals surface area contributed by atoms with Crippen LogP contribution in [-0.2, 0) is 14.3 Å². The van der Waals surface area contributed by atoms with Crippen LogP contribution in [-0.4, -0.2) is 25.6 Å². The molecule has 2 rings (SSSR count). The minimum atomic E-state index is -2.58. The fourth-order valence-electron chi connectivity index (χ4n) is 2.60. The molecule has 1 aromatic rings. The van der Waals surface area contributed by atoms with E-state index >= 15 is 0 Å². The van der Waals surface area contributed by atoms with Crippen LogP contribution < -0.4 is 10.5 Å². The molecule has 138 valence electrons. The number of nitriles is 1. The van der Waals surface area contributed by atoms with E-state index in [4.69, 9.17) is 19.9 Å². The van der Waals surface area contributed by atoms with E-state index in [2.05, 4.69) is 0 Å². The highest BCUT2D eigenvalue weighted by Gasteiger charge is 2.36. The normalized spacial score (nSPS) is 17.0. The number of rotatable bonds is 6. The molecule has 2 N–H and O–H groups in total. The number of benzene rings is 1. The van der Waals surface area contributed by atoms with Crippen LogP contribution in [0.2, 0.25) is 0 Å². The summed E-state index contributed by atoms with van der Waals surface area (Å²) in [6.07, 6.45) is -2.58. The van der Waals surface area contributed by atoms with Gasteiger partial charge in [-0.15, -0.1) is 0 Å². The van der Waals surface area contributed by atoms with Crippen LogP contribution in [0.15, 0.2) is 47.1 Å². The van der Waals surface area contributed by atoms with Gasteiger partial charge in [0.15, 0.2) is 0 Å². The lowest BCUT2D eigenvalue weighted by atomic mass is 9.83. The Morgan fingerprint density at radius 1 is 1.38 bits per heavy atom. The van der Waals surface area contributed by atoms with E-state index in [-0.39, 0.29) is 35.1 Å². The number of hydrogen-bond donors (Lipinski definition) is 1. The maximum atomic E-state index is 12.4. The van der Waals surface area contributed by atoms with Crippen LogP contribution in [0.4, 0.5) is 8.78 Å². The van der Waals surface area contributed by atoms with Gasteiger partial charge in [-0.2, -0.15) is 5.26 Å². The fourth-order valence-corrected chi connectivity index (χ4v) is 2.60. The van der Waals surface area contributed by atoms with Crippen LogP contribution in [0.1, 0.15) is 25.3 Å². The largest absolute Gasteiger partial charge is 0.488 e. The van der Waals surface area contributed by atoms with Gasteiger partial charge in [0.05, 0.1) is 18.1 Å². The minimum Gasteiger partial charge on any atom is -0.488 e. The van der Waals surface area contributed by atoms with Gasteiger partial charge in [0.25, 0.3) is 6.43 Å². The van der Waals surface area contributed by atoms with Gasteiger partial charge < -0.3 is 19.9 Å². The van der Waals surface area contributed by atoms with E-state index in [1.54, 1.807) is 26.0 Å². The van der Waals surface area contributed by atoms with E-state index < -0.39 is 24.9 Å². The summed E-state index contributed by atoms with van der Waals surface area (Å²) in [5.41, 5.74) is 6.59. The average molecular weight is 364 g/mol. The number of allylic oxidation sites excluding steroid dienone is 2. The molecule has 0 spiro atoms. The Kier molecular flexibility index (Phi) is 6.17. The highest BCUT2D eigenvalue weighted by Crippen LogP contribution is 2.39. The lowest BCUT2D eigenvalue weighted by Gasteiger charge is -2.26. The van der Waals surface area contributed by atoms with Crippen LogP contribution >= 0.6 is 0 Å². The average Bonchev–Trinajstić information content (AvgIpc) is 2.60. The number of nitrogens with two attached hydrogens (primary N) is 1. The molecular formula is C18H18F2N2O4. The molecule has 6 nitrogen and oxygen atoms in total. The first-order chi connectivity index (χ1) is 12.4. The second kappa shape index (κ2) is 8.34. The van der Waals surface area contributed by atoms with Gasteiger partial charge in [0.2, 0.25) is 5.88 Å². The molecule has 1 aromatic carbocycles. The molecule has 1 heterocycles. The van der Waals surface area contributed by atoms with E-state index in [0.29, 0.717) is 5.56 Å². The zero-order chi connectivity index (χ0) is 19.3. The monoisotopic (exact) mass is 364 g/mol. The van der Waals surface area contributed by atoms with Crippen LogP contribution in [0, 0.1) is 11.3 Å². The molecule has 0 saturated heterocycles. The first-order valence-corrected chi connectivity index (χ1v) is 7.85. The zero-order valence-electron chi connectivity index (χ0n) is 14.3. The maximum absolute atomic E-state index is 12.4. The number of ether oxygens (including phenoxy) is 3. The maximum Gasteiger partial charge on any atom is 0.338 e. The van der Waals surface area contributed by atoms with Crippen molar-refractivity contribution in [2.75, 3.05) is 13.2 Å². The summed E-state index contributed by atoms with van der Waals surface area (Å²) in [6.45, 7) is 2.65. The smallest absolute Gasteiger partial charge is 0.338 e. The van der Waals surface area contributed by atoms with Crippen molar-refractivity contribution in [1.29, 1.82) is 5.26 Å². The number of alkyl halides is 2. The Morgan fingerprint density at radius 2 is 2.04 bits per heavy atom. The predicted molar refractivity (Wildman–Crippen MR) is 87.9 cm³/mol. The van der Waals surface area contributed by atoms with E-state index in [9.17, 15) is 18.8 Å². The second-order valence-corrected chi connectivity index (χ2v) is 5.39. The van der Waals surface area contributed by atoms with Gasteiger partial charge in [-0.25, -0.2) is 13.6 Å². The van der Waals surface area contributed by atoms with Crippen LogP contribution in [0.3, 0.4) is 0 Å². The van der Waals surface area contributed by atoms with Crippen molar-refractivity contribution in [1.82, 2.24) is 0 Å².